The van der Waals surface area contributed by atoms with Crippen LogP contribution >= 0.6 is 0 Å². The van der Waals surface area contributed by atoms with Gasteiger partial charge in [0, 0.05) is 0 Å². The van der Waals surface area contributed by atoms with Crippen molar-refractivity contribution in [1.29, 1.82) is 0 Å². The minimum Gasteiger partial charge on any atom is -0.465 e. The second-order valence-corrected chi connectivity index (χ2v) is 6.14. The zero-order valence-electron chi connectivity index (χ0n) is 14.7. The van der Waals surface area contributed by atoms with Gasteiger partial charge < -0.3 is 18.7 Å². The molecule has 1 aromatic carbocycles. The highest BCUT2D eigenvalue weighted by molar-refractivity contribution is 5.89. The first-order valence-electron chi connectivity index (χ1n) is 8.26. The van der Waals surface area contributed by atoms with Gasteiger partial charge in [0.2, 0.25) is 0 Å². The minimum absolute atomic E-state index is 0.0312. The molecule has 1 N–H and O–H groups in total. The van der Waals surface area contributed by atoms with Crippen LogP contribution in [0.15, 0.2) is 48.5 Å². The number of amides is 1. The van der Waals surface area contributed by atoms with Gasteiger partial charge in [0.05, 0.1) is 18.6 Å². The lowest BCUT2D eigenvalue weighted by Gasteiger charge is -1.99. The Morgan fingerprint density at radius 1 is 1.19 bits per heavy atom. The first kappa shape index (κ1) is 16.8. The number of benzene rings is 1. The first-order chi connectivity index (χ1) is 13.0. The molecule has 0 spiro atoms. The topological polar surface area (TPSA) is 116 Å². The Kier molecular flexibility index (Phi) is 4.11. The Morgan fingerprint density at radius 2 is 2.04 bits per heavy atom. The third-order valence-corrected chi connectivity index (χ3v) is 4.00. The summed E-state index contributed by atoms with van der Waals surface area (Å²) in [6.07, 6.45) is 0. The number of fused-ring (bicyclic) bond motifs is 1. The molecule has 9 heteroatoms. The van der Waals surface area contributed by atoms with E-state index in [4.69, 9.17) is 13.4 Å². The van der Waals surface area contributed by atoms with Crippen LogP contribution in [-0.2, 0) is 13.1 Å². The molecule has 27 heavy (non-hydrogen) atoms. The number of aryl methyl sites for hydroxylation is 2. The van der Waals surface area contributed by atoms with Gasteiger partial charge in [-0.05, 0) is 43.7 Å². The maximum atomic E-state index is 12.1. The maximum Gasteiger partial charge on any atom is 0.420 e. The Balaban J connectivity index is 1.50. The van der Waals surface area contributed by atoms with E-state index in [1.54, 1.807) is 18.2 Å². The standard InChI is InChI=1S/C18H16N4O5/c1-10-3-6-14-13(7-10)22(18(24)26-14)9-15-20-17(27-21-15)16(23)19-8-12-5-4-11(2)25-12/h3-7H,8-9H2,1-2H3,(H,19,23). The maximum absolute atomic E-state index is 12.1. The van der Waals surface area contributed by atoms with Crippen LogP contribution in [0.4, 0.5) is 0 Å². The molecular weight excluding hydrogens is 352 g/mol. The van der Waals surface area contributed by atoms with Gasteiger partial charge in [-0.15, -0.1) is 0 Å². The fourth-order valence-electron chi connectivity index (χ4n) is 2.70. The molecule has 0 aliphatic carbocycles. The Hall–Kier alpha value is -3.62. The van der Waals surface area contributed by atoms with Gasteiger partial charge in [-0.2, -0.15) is 4.98 Å². The molecule has 0 bridgehead atoms. The zero-order chi connectivity index (χ0) is 19.0. The predicted molar refractivity (Wildman–Crippen MR) is 93.2 cm³/mol. The van der Waals surface area contributed by atoms with Gasteiger partial charge in [-0.25, -0.2) is 4.79 Å². The van der Waals surface area contributed by atoms with Crippen molar-refractivity contribution in [2.24, 2.45) is 0 Å². The summed E-state index contributed by atoms with van der Waals surface area (Å²) < 4.78 is 17.0. The molecule has 0 saturated heterocycles. The van der Waals surface area contributed by atoms with Crippen LogP contribution in [0.25, 0.3) is 11.1 Å². The monoisotopic (exact) mass is 368 g/mol. The fourth-order valence-corrected chi connectivity index (χ4v) is 2.70. The molecule has 4 aromatic rings. The number of nitrogens with one attached hydrogen (secondary N) is 1. The van der Waals surface area contributed by atoms with Crippen LogP contribution in [0.5, 0.6) is 0 Å². The lowest BCUT2D eigenvalue weighted by molar-refractivity contribution is 0.0904. The molecule has 3 heterocycles. The largest absolute Gasteiger partial charge is 0.465 e. The molecule has 0 fully saturated rings. The number of rotatable bonds is 5. The Morgan fingerprint density at radius 3 is 2.81 bits per heavy atom. The van der Waals surface area contributed by atoms with Gasteiger partial charge in [0.1, 0.15) is 11.5 Å². The highest BCUT2D eigenvalue weighted by Gasteiger charge is 2.18. The summed E-state index contributed by atoms with van der Waals surface area (Å²) in [7, 11) is 0. The summed E-state index contributed by atoms with van der Waals surface area (Å²) in [5.74, 6) is 0.327. The summed E-state index contributed by atoms with van der Waals surface area (Å²) in [4.78, 5) is 28.3. The molecule has 0 radical (unpaired) electrons. The van der Waals surface area contributed by atoms with Gasteiger partial charge >= 0.3 is 17.6 Å². The van der Waals surface area contributed by atoms with E-state index in [1.165, 1.54) is 4.57 Å². The lowest BCUT2D eigenvalue weighted by Crippen LogP contribution is -2.23. The van der Waals surface area contributed by atoms with Crippen molar-refractivity contribution in [2.45, 2.75) is 26.9 Å². The summed E-state index contributed by atoms with van der Waals surface area (Å²) in [5, 5.41) is 6.40. The number of hydrogen-bond acceptors (Lipinski definition) is 7. The molecular formula is C18H16N4O5. The van der Waals surface area contributed by atoms with E-state index in [-0.39, 0.29) is 24.8 Å². The fraction of sp³-hybridized carbons (Fsp3) is 0.222. The van der Waals surface area contributed by atoms with Crippen molar-refractivity contribution >= 4 is 17.0 Å². The normalized spacial score (nSPS) is 11.2. The van der Waals surface area contributed by atoms with Gasteiger partial charge in [0.15, 0.2) is 11.4 Å². The van der Waals surface area contributed by atoms with Gasteiger partial charge in [-0.1, -0.05) is 11.2 Å². The van der Waals surface area contributed by atoms with Crippen LogP contribution < -0.4 is 11.1 Å². The van der Waals surface area contributed by atoms with E-state index >= 15 is 0 Å². The molecule has 0 saturated carbocycles. The lowest BCUT2D eigenvalue weighted by atomic mass is 10.2. The zero-order valence-corrected chi connectivity index (χ0v) is 14.7. The number of aromatic nitrogens is 3. The van der Waals surface area contributed by atoms with Crippen LogP contribution in [0.3, 0.4) is 0 Å². The number of oxazole rings is 1. The van der Waals surface area contributed by atoms with Crippen LogP contribution in [0.2, 0.25) is 0 Å². The first-order valence-corrected chi connectivity index (χ1v) is 8.26. The van der Waals surface area contributed by atoms with Crippen LogP contribution in [0.1, 0.15) is 33.6 Å². The number of carbonyl (C=O) groups excluding carboxylic acids is 1. The Bertz CT molecular complexity index is 1180. The van der Waals surface area contributed by atoms with Crippen molar-refractivity contribution in [3.8, 4) is 0 Å². The molecule has 0 aliphatic heterocycles. The van der Waals surface area contributed by atoms with Crippen molar-refractivity contribution in [3.05, 3.63) is 69.7 Å². The molecule has 138 valence electrons. The summed E-state index contributed by atoms with van der Waals surface area (Å²) in [5.41, 5.74) is 2.09. The SMILES string of the molecule is Cc1ccc2oc(=O)n(Cc3noc(C(=O)NCc4ccc(C)o4)n3)c2c1. The summed E-state index contributed by atoms with van der Waals surface area (Å²) in [6, 6.07) is 8.99. The molecule has 4 rings (SSSR count). The molecule has 3 aromatic heterocycles. The van der Waals surface area contributed by atoms with E-state index in [1.807, 2.05) is 26.0 Å². The molecule has 0 atom stereocenters. The third-order valence-electron chi connectivity index (χ3n) is 4.00. The molecule has 0 aliphatic rings. The second-order valence-electron chi connectivity index (χ2n) is 6.14. The summed E-state index contributed by atoms with van der Waals surface area (Å²) in [6.45, 7) is 3.97. The average Bonchev–Trinajstić information content (AvgIpc) is 3.34. The van der Waals surface area contributed by atoms with Gasteiger partial charge in [-0.3, -0.25) is 9.36 Å². The van der Waals surface area contributed by atoms with Crippen molar-refractivity contribution in [3.63, 3.8) is 0 Å². The Labute approximate surface area is 152 Å². The van der Waals surface area contributed by atoms with Crippen molar-refractivity contribution < 1.29 is 18.2 Å². The predicted octanol–water partition coefficient (Wildman–Crippen LogP) is 2.17. The second kappa shape index (κ2) is 6.60. The average molecular weight is 368 g/mol. The molecule has 1 amide bonds. The quantitative estimate of drug-likeness (QED) is 0.574. The van der Waals surface area contributed by atoms with Crippen LogP contribution in [-0.4, -0.2) is 20.6 Å². The van der Waals surface area contributed by atoms with E-state index < -0.39 is 11.7 Å². The number of carbonyl (C=O) groups is 1. The number of nitrogens with zero attached hydrogens (tertiary/aromatic N) is 3. The van der Waals surface area contributed by atoms with E-state index in [9.17, 15) is 9.59 Å². The van der Waals surface area contributed by atoms with E-state index in [0.717, 1.165) is 11.3 Å². The van der Waals surface area contributed by atoms with Crippen molar-refractivity contribution in [1.82, 2.24) is 20.0 Å². The third kappa shape index (κ3) is 3.39. The minimum atomic E-state index is -0.528. The van der Waals surface area contributed by atoms with E-state index in [0.29, 0.717) is 16.9 Å². The number of furan rings is 1. The highest BCUT2D eigenvalue weighted by Crippen LogP contribution is 2.15. The molecule has 9 nitrogen and oxygen atoms in total. The summed E-state index contributed by atoms with van der Waals surface area (Å²) >= 11 is 0. The van der Waals surface area contributed by atoms with Crippen molar-refractivity contribution in [2.75, 3.05) is 0 Å². The van der Waals surface area contributed by atoms with E-state index in [2.05, 4.69) is 15.5 Å². The highest BCUT2D eigenvalue weighted by atomic mass is 16.5. The smallest absolute Gasteiger partial charge is 0.420 e. The van der Waals surface area contributed by atoms with Gasteiger partial charge in [0.25, 0.3) is 0 Å². The van der Waals surface area contributed by atoms with Crippen LogP contribution in [0, 0.1) is 13.8 Å². The number of hydrogen-bond donors (Lipinski definition) is 1. The molecule has 0 unspecified atom stereocenters.